The SMILES string of the molecule is CCC(=N\NC(=O)c1ccccc1N)/C(C)=N/NC(=O)c1ccccc1N. The van der Waals surface area contributed by atoms with Crippen LogP contribution in [-0.4, -0.2) is 23.2 Å². The number of amides is 2. The van der Waals surface area contributed by atoms with Crippen LogP contribution in [0.4, 0.5) is 11.4 Å². The number of anilines is 2. The summed E-state index contributed by atoms with van der Waals surface area (Å²) in [5.74, 6) is -0.850. The lowest BCUT2D eigenvalue weighted by atomic mass is 10.2. The van der Waals surface area contributed by atoms with Gasteiger partial charge in [-0.1, -0.05) is 31.2 Å². The Kier molecular flexibility index (Phi) is 6.65. The van der Waals surface area contributed by atoms with Gasteiger partial charge in [-0.2, -0.15) is 10.2 Å². The molecule has 2 amide bonds. The summed E-state index contributed by atoms with van der Waals surface area (Å²) in [6, 6.07) is 13.4. The van der Waals surface area contributed by atoms with Crippen LogP contribution in [0, 0.1) is 0 Å². The summed E-state index contributed by atoms with van der Waals surface area (Å²) in [6.45, 7) is 3.54. The Balaban J connectivity index is 2.07. The predicted octanol–water partition coefficient (Wildman–Crippen LogP) is 2.15. The van der Waals surface area contributed by atoms with E-state index in [2.05, 4.69) is 21.1 Å². The maximum absolute atomic E-state index is 12.2. The van der Waals surface area contributed by atoms with E-state index < -0.39 is 11.8 Å². The van der Waals surface area contributed by atoms with Crippen molar-refractivity contribution in [1.82, 2.24) is 10.9 Å². The van der Waals surface area contributed by atoms with Crippen molar-refractivity contribution in [2.24, 2.45) is 10.2 Å². The van der Waals surface area contributed by atoms with Crippen LogP contribution in [0.15, 0.2) is 58.7 Å². The normalized spacial score (nSPS) is 11.8. The van der Waals surface area contributed by atoms with Crippen molar-refractivity contribution in [1.29, 1.82) is 0 Å². The number of hydrogen-bond acceptors (Lipinski definition) is 6. The van der Waals surface area contributed by atoms with Crippen LogP contribution in [0.3, 0.4) is 0 Å². The topological polar surface area (TPSA) is 135 Å². The maximum atomic E-state index is 12.2. The first-order valence-electron chi connectivity index (χ1n) is 8.35. The van der Waals surface area contributed by atoms with Gasteiger partial charge in [-0.25, -0.2) is 10.9 Å². The fraction of sp³-hybridized carbons (Fsp3) is 0.158. The lowest BCUT2D eigenvalue weighted by Gasteiger charge is -2.07. The van der Waals surface area contributed by atoms with Crippen LogP contribution < -0.4 is 22.3 Å². The second kappa shape index (κ2) is 9.14. The number of carbonyl (C=O) groups excluding carboxylic acids is 2. The highest BCUT2D eigenvalue weighted by Gasteiger charge is 2.11. The molecule has 2 aromatic rings. The van der Waals surface area contributed by atoms with Gasteiger partial charge in [-0.3, -0.25) is 9.59 Å². The summed E-state index contributed by atoms with van der Waals surface area (Å²) in [5.41, 5.74) is 18.8. The minimum atomic E-state index is -0.427. The number of carbonyl (C=O) groups is 2. The molecule has 0 radical (unpaired) electrons. The third-order valence-corrected chi connectivity index (χ3v) is 3.78. The molecule has 0 aromatic heterocycles. The fourth-order valence-electron chi connectivity index (χ4n) is 2.26. The monoisotopic (exact) mass is 366 g/mol. The van der Waals surface area contributed by atoms with E-state index in [0.29, 0.717) is 40.3 Å². The summed E-state index contributed by atoms with van der Waals surface area (Å²) in [4.78, 5) is 24.3. The molecule has 0 fully saturated rings. The van der Waals surface area contributed by atoms with Crippen molar-refractivity contribution in [2.75, 3.05) is 11.5 Å². The Morgan fingerprint density at radius 1 is 0.852 bits per heavy atom. The van der Waals surface area contributed by atoms with Crippen molar-refractivity contribution in [2.45, 2.75) is 20.3 Å². The third-order valence-electron chi connectivity index (χ3n) is 3.78. The van der Waals surface area contributed by atoms with E-state index in [1.165, 1.54) is 0 Å². The molecule has 0 saturated heterocycles. The Bertz CT molecular complexity index is 905. The van der Waals surface area contributed by atoms with Crippen LogP contribution >= 0.6 is 0 Å². The number of benzene rings is 2. The summed E-state index contributed by atoms with van der Waals surface area (Å²) in [7, 11) is 0. The molecule has 0 atom stereocenters. The Morgan fingerprint density at radius 3 is 1.74 bits per heavy atom. The van der Waals surface area contributed by atoms with E-state index in [1.807, 2.05) is 6.92 Å². The molecular weight excluding hydrogens is 344 g/mol. The lowest BCUT2D eigenvalue weighted by molar-refractivity contribution is 0.0947. The molecule has 0 aliphatic carbocycles. The molecule has 6 N–H and O–H groups in total. The summed E-state index contributed by atoms with van der Waals surface area (Å²) in [5, 5.41) is 8.12. The van der Waals surface area contributed by atoms with E-state index in [0.717, 1.165) is 0 Å². The summed E-state index contributed by atoms with van der Waals surface area (Å²) < 4.78 is 0. The van der Waals surface area contributed by atoms with Gasteiger partial charge in [0.05, 0.1) is 22.6 Å². The maximum Gasteiger partial charge on any atom is 0.273 e. The quantitative estimate of drug-likeness (QED) is 0.354. The first-order valence-corrected chi connectivity index (χ1v) is 8.35. The molecule has 0 aliphatic rings. The van der Waals surface area contributed by atoms with Gasteiger partial charge in [-0.15, -0.1) is 0 Å². The van der Waals surface area contributed by atoms with Crippen LogP contribution in [0.5, 0.6) is 0 Å². The molecule has 8 heteroatoms. The standard InChI is InChI=1S/C19H22N6O2/c1-3-17(23-25-19(27)14-9-5-7-11-16(14)21)12(2)22-24-18(26)13-8-4-6-10-15(13)20/h4-11H,3,20-21H2,1-2H3,(H,24,26)(H,25,27)/b22-12+,23-17+. The zero-order valence-electron chi connectivity index (χ0n) is 15.2. The van der Waals surface area contributed by atoms with Gasteiger partial charge in [0.1, 0.15) is 0 Å². The van der Waals surface area contributed by atoms with Gasteiger partial charge in [0.25, 0.3) is 11.8 Å². The molecule has 2 aromatic carbocycles. The highest BCUT2D eigenvalue weighted by molar-refractivity contribution is 6.41. The Hall–Kier alpha value is -3.68. The van der Waals surface area contributed by atoms with Gasteiger partial charge < -0.3 is 11.5 Å². The van der Waals surface area contributed by atoms with Crippen molar-refractivity contribution in [3.05, 3.63) is 59.7 Å². The van der Waals surface area contributed by atoms with Gasteiger partial charge in [0.15, 0.2) is 0 Å². The zero-order valence-corrected chi connectivity index (χ0v) is 15.2. The minimum Gasteiger partial charge on any atom is -0.398 e. The summed E-state index contributed by atoms with van der Waals surface area (Å²) in [6.07, 6.45) is 0.503. The molecule has 27 heavy (non-hydrogen) atoms. The van der Waals surface area contributed by atoms with E-state index in [1.54, 1.807) is 55.5 Å². The number of nitrogens with zero attached hydrogens (tertiary/aromatic N) is 2. The van der Waals surface area contributed by atoms with Gasteiger partial charge in [-0.05, 0) is 37.6 Å². The molecule has 140 valence electrons. The number of hydrogen-bond donors (Lipinski definition) is 4. The number of nitrogens with one attached hydrogen (secondary N) is 2. The van der Waals surface area contributed by atoms with Gasteiger partial charge in [0.2, 0.25) is 0 Å². The van der Waals surface area contributed by atoms with Crippen LogP contribution in [0.2, 0.25) is 0 Å². The smallest absolute Gasteiger partial charge is 0.273 e. The number of rotatable bonds is 6. The Morgan fingerprint density at radius 2 is 1.30 bits per heavy atom. The molecule has 0 unspecified atom stereocenters. The average molecular weight is 366 g/mol. The lowest BCUT2D eigenvalue weighted by Crippen LogP contribution is -2.25. The molecule has 2 rings (SSSR count). The second-order valence-electron chi connectivity index (χ2n) is 5.67. The molecule has 0 saturated carbocycles. The van der Waals surface area contributed by atoms with Crippen LogP contribution in [0.25, 0.3) is 0 Å². The van der Waals surface area contributed by atoms with E-state index in [4.69, 9.17) is 11.5 Å². The number of para-hydroxylation sites is 2. The van der Waals surface area contributed by atoms with Gasteiger partial charge >= 0.3 is 0 Å². The first-order chi connectivity index (χ1) is 12.9. The van der Waals surface area contributed by atoms with Crippen molar-refractivity contribution < 1.29 is 9.59 Å². The van der Waals surface area contributed by atoms with E-state index in [-0.39, 0.29) is 0 Å². The minimum absolute atomic E-state index is 0.330. The van der Waals surface area contributed by atoms with Crippen LogP contribution in [0.1, 0.15) is 41.0 Å². The van der Waals surface area contributed by atoms with Gasteiger partial charge in [0, 0.05) is 11.4 Å². The van der Waals surface area contributed by atoms with E-state index >= 15 is 0 Å². The van der Waals surface area contributed by atoms with Crippen LogP contribution in [-0.2, 0) is 0 Å². The largest absolute Gasteiger partial charge is 0.398 e. The highest BCUT2D eigenvalue weighted by atomic mass is 16.2. The molecule has 8 nitrogen and oxygen atoms in total. The molecule has 0 bridgehead atoms. The predicted molar refractivity (Wildman–Crippen MR) is 107 cm³/mol. The van der Waals surface area contributed by atoms with Crippen molar-refractivity contribution in [3.63, 3.8) is 0 Å². The van der Waals surface area contributed by atoms with E-state index in [9.17, 15) is 9.59 Å². The number of nitrogen functional groups attached to an aromatic ring is 2. The summed E-state index contributed by atoms with van der Waals surface area (Å²) >= 11 is 0. The zero-order chi connectivity index (χ0) is 19.8. The third kappa shape index (κ3) is 5.15. The van der Waals surface area contributed by atoms with Crippen molar-refractivity contribution in [3.8, 4) is 0 Å². The number of nitrogens with two attached hydrogens (primary N) is 2. The average Bonchev–Trinajstić information content (AvgIpc) is 2.67. The second-order valence-corrected chi connectivity index (χ2v) is 5.67. The molecule has 0 aliphatic heterocycles. The fourth-order valence-corrected chi connectivity index (χ4v) is 2.26. The Labute approximate surface area is 157 Å². The molecule has 0 spiro atoms. The highest BCUT2D eigenvalue weighted by Crippen LogP contribution is 2.10. The van der Waals surface area contributed by atoms with Crippen molar-refractivity contribution >= 4 is 34.6 Å². The molecular formula is C19H22N6O2. The first kappa shape index (κ1) is 19.6. The molecule has 0 heterocycles. The number of hydrazone groups is 2.